The first-order valence-electron chi connectivity index (χ1n) is 20.2. The monoisotopic (exact) mass is 677 g/mol. The van der Waals surface area contributed by atoms with Gasteiger partial charge >= 0.3 is 8.80 Å². The molecular formula is C37H72N6O3Si. The van der Waals surface area contributed by atoms with Gasteiger partial charge in [0.05, 0.1) is 12.1 Å². The highest BCUT2D eigenvalue weighted by atomic mass is 28.4. The maximum Gasteiger partial charge on any atom is 0.500 e. The van der Waals surface area contributed by atoms with E-state index in [0.29, 0.717) is 44.0 Å². The van der Waals surface area contributed by atoms with Crippen molar-refractivity contribution in [1.82, 2.24) is 20.9 Å². The molecule has 0 heterocycles. The lowest BCUT2D eigenvalue weighted by Crippen LogP contribution is -2.52. The Morgan fingerprint density at radius 1 is 0.596 bits per heavy atom. The van der Waals surface area contributed by atoms with Crippen LogP contribution >= 0.6 is 0 Å². The van der Waals surface area contributed by atoms with Gasteiger partial charge in [-0.05, 0) is 78.6 Å². The number of nitrogens with zero attached hydrogens (tertiary/aromatic N) is 3. The van der Waals surface area contributed by atoms with Crippen LogP contribution in [0.2, 0.25) is 6.04 Å². The molecule has 4 saturated carbocycles. The fraction of sp³-hybridized carbons (Fsp3) is 0.946. The number of hydrogen-bond acceptors (Lipinski definition) is 5. The summed E-state index contributed by atoms with van der Waals surface area (Å²) in [5.41, 5.74) is 0. The van der Waals surface area contributed by atoms with E-state index in [1.807, 2.05) is 0 Å². The molecular weight excluding hydrogens is 605 g/mol. The van der Waals surface area contributed by atoms with Crippen LogP contribution in [0.5, 0.6) is 0 Å². The van der Waals surface area contributed by atoms with Crippen molar-refractivity contribution >= 4 is 20.7 Å². The van der Waals surface area contributed by atoms with E-state index >= 15 is 0 Å². The van der Waals surface area contributed by atoms with Gasteiger partial charge in [0.2, 0.25) is 0 Å². The van der Waals surface area contributed by atoms with Gasteiger partial charge in [-0.25, -0.2) is 9.98 Å². The third-order valence-electron chi connectivity index (χ3n) is 10.6. The maximum absolute atomic E-state index is 6.25. The molecule has 272 valence electrons. The van der Waals surface area contributed by atoms with Gasteiger partial charge in [-0.1, -0.05) is 77.0 Å². The molecule has 47 heavy (non-hydrogen) atoms. The van der Waals surface area contributed by atoms with Crippen LogP contribution in [0.4, 0.5) is 0 Å². The van der Waals surface area contributed by atoms with Crippen molar-refractivity contribution < 1.29 is 13.3 Å². The molecule has 4 fully saturated rings. The third kappa shape index (κ3) is 14.2. The van der Waals surface area contributed by atoms with Crippen LogP contribution in [-0.4, -0.2) is 89.2 Å². The second-order valence-electron chi connectivity index (χ2n) is 14.5. The molecule has 4 aliphatic rings. The van der Waals surface area contributed by atoms with Crippen molar-refractivity contribution in [1.29, 1.82) is 0 Å². The fourth-order valence-electron chi connectivity index (χ4n) is 8.11. The summed E-state index contributed by atoms with van der Waals surface area (Å²) in [6.07, 6.45) is 26.7. The predicted octanol–water partition coefficient (Wildman–Crippen LogP) is 7.54. The van der Waals surface area contributed by atoms with Gasteiger partial charge in [0.1, 0.15) is 0 Å². The zero-order chi connectivity index (χ0) is 33.0. The maximum atomic E-state index is 6.25. The van der Waals surface area contributed by atoms with Gasteiger partial charge in [0.15, 0.2) is 11.9 Å². The van der Waals surface area contributed by atoms with Crippen molar-refractivity contribution in [2.75, 3.05) is 39.5 Å². The Labute approximate surface area is 289 Å². The summed E-state index contributed by atoms with van der Waals surface area (Å²) in [5.74, 6) is 2.15. The quantitative estimate of drug-likeness (QED) is 0.0833. The summed E-state index contributed by atoms with van der Waals surface area (Å²) in [5, 5.41) is 11.7. The standard InChI is InChI=1S/C37H72N6O3Si/c1-4-44-47(45-5-2,46-6-3)31-19-29-43(37(41-34-24-15-9-16-25-34)42-35-26-17-10-18-27-35)30-28-38-36(39-32-20-11-7-12-21-32)40-33-22-13-8-14-23-33/h32-35H,4-31H2,1-3H3,(H,41,42)(H2,38,39,40). The lowest BCUT2D eigenvalue weighted by Gasteiger charge is -2.34. The lowest BCUT2D eigenvalue weighted by molar-refractivity contribution is 0.0703. The predicted molar refractivity (Wildman–Crippen MR) is 198 cm³/mol. The first-order valence-corrected chi connectivity index (χ1v) is 22.2. The van der Waals surface area contributed by atoms with E-state index in [2.05, 4.69) is 41.6 Å². The Hall–Kier alpha value is -1.36. The summed E-state index contributed by atoms with van der Waals surface area (Å²) < 4.78 is 18.7. The minimum Gasteiger partial charge on any atom is -0.374 e. The molecule has 0 atom stereocenters. The topological polar surface area (TPSA) is 91.7 Å². The molecule has 4 aliphatic carbocycles. The smallest absolute Gasteiger partial charge is 0.374 e. The highest BCUT2D eigenvalue weighted by Crippen LogP contribution is 2.24. The molecule has 0 amide bonds. The van der Waals surface area contributed by atoms with E-state index in [1.54, 1.807) is 0 Å². The van der Waals surface area contributed by atoms with Gasteiger partial charge in [-0.2, -0.15) is 0 Å². The lowest BCUT2D eigenvalue weighted by atomic mass is 9.95. The summed E-state index contributed by atoms with van der Waals surface area (Å²) in [7, 11) is -2.71. The molecule has 0 unspecified atom stereocenters. The highest BCUT2D eigenvalue weighted by molar-refractivity contribution is 6.60. The van der Waals surface area contributed by atoms with Crippen molar-refractivity contribution in [3.05, 3.63) is 0 Å². The third-order valence-corrected chi connectivity index (χ3v) is 13.8. The van der Waals surface area contributed by atoms with Gasteiger partial charge in [0, 0.05) is 57.6 Å². The molecule has 0 aromatic carbocycles. The van der Waals surface area contributed by atoms with Crippen LogP contribution in [0.25, 0.3) is 0 Å². The van der Waals surface area contributed by atoms with Crippen molar-refractivity contribution in [2.24, 2.45) is 9.98 Å². The van der Waals surface area contributed by atoms with Gasteiger partial charge in [0.25, 0.3) is 0 Å². The number of nitrogens with one attached hydrogen (secondary N) is 3. The zero-order valence-corrected chi connectivity index (χ0v) is 31.7. The number of hydrogen-bond donors (Lipinski definition) is 3. The van der Waals surface area contributed by atoms with E-state index in [-0.39, 0.29) is 0 Å². The molecule has 0 aromatic rings. The average molecular weight is 677 g/mol. The molecule has 0 radical (unpaired) electrons. The molecule has 3 N–H and O–H groups in total. The number of aliphatic imine (C=N–C) groups is 2. The van der Waals surface area contributed by atoms with Crippen LogP contribution in [0, 0.1) is 0 Å². The zero-order valence-electron chi connectivity index (χ0n) is 30.7. The summed E-state index contributed by atoms with van der Waals surface area (Å²) in [6, 6.07) is 2.75. The van der Waals surface area contributed by atoms with Crippen LogP contribution in [0.1, 0.15) is 156 Å². The fourth-order valence-corrected chi connectivity index (χ4v) is 10.7. The van der Waals surface area contributed by atoms with Gasteiger partial charge in [-0.15, -0.1) is 0 Å². The first-order chi connectivity index (χ1) is 23.1. The molecule has 10 heteroatoms. The van der Waals surface area contributed by atoms with Crippen LogP contribution in [0.15, 0.2) is 9.98 Å². The Morgan fingerprint density at radius 3 is 1.57 bits per heavy atom. The van der Waals surface area contributed by atoms with E-state index < -0.39 is 8.80 Å². The second kappa shape index (κ2) is 22.4. The number of guanidine groups is 2. The van der Waals surface area contributed by atoms with Crippen molar-refractivity contribution in [3.63, 3.8) is 0 Å². The van der Waals surface area contributed by atoms with Crippen LogP contribution < -0.4 is 16.0 Å². The summed E-state index contributed by atoms with van der Waals surface area (Å²) in [4.78, 5) is 13.4. The van der Waals surface area contributed by atoms with E-state index in [4.69, 9.17) is 23.3 Å². The van der Waals surface area contributed by atoms with E-state index in [0.717, 1.165) is 44.0 Å². The second-order valence-corrected chi connectivity index (χ2v) is 17.2. The van der Waals surface area contributed by atoms with Crippen molar-refractivity contribution in [2.45, 2.75) is 186 Å². The first kappa shape index (κ1) is 38.4. The molecule has 0 spiro atoms. The Morgan fingerprint density at radius 2 is 1.06 bits per heavy atom. The molecule has 0 aromatic heterocycles. The van der Waals surface area contributed by atoms with Crippen LogP contribution in [-0.2, 0) is 13.3 Å². The molecule has 0 aliphatic heterocycles. The molecule has 4 rings (SSSR count). The Kier molecular flexibility index (Phi) is 18.3. The number of rotatable bonds is 17. The molecule has 0 saturated heterocycles. The summed E-state index contributed by atoms with van der Waals surface area (Å²) in [6.45, 7) is 10.6. The van der Waals surface area contributed by atoms with Crippen LogP contribution in [0.3, 0.4) is 0 Å². The highest BCUT2D eigenvalue weighted by Gasteiger charge is 2.40. The molecule has 0 bridgehead atoms. The van der Waals surface area contributed by atoms with Gasteiger partial charge < -0.3 is 34.1 Å². The minimum absolute atomic E-state index is 0.422. The largest absolute Gasteiger partial charge is 0.500 e. The van der Waals surface area contributed by atoms with Gasteiger partial charge in [-0.3, -0.25) is 0 Å². The average Bonchev–Trinajstić information content (AvgIpc) is 3.09. The van der Waals surface area contributed by atoms with Crippen molar-refractivity contribution in [3.8, 4) is 0 Å². The SMILES string of the molecule is CCO[Si](CCCN(CCNC(=NC1CCCCC1)NC1CCCCC1)C(=NC1CCCCC1)NC1CCCCC1)(OCC)OCC. The van der Waals surface area contributed by atoms with E-state index in [1.165, 1.54) is 128 Å². The minimum atomic E-state index is -2.71. The Bertz CT molecular complexity index is 866. The normalized spacial score (nSPS) is 21.9. The molecule has 9 nitrogen and oxygen atoms in total. The summed E-state index contributed by atoms with van der Waals surface area (Å²) >= 11 is 0. The Balaban J connectivity index is 1.50. The van der Waals surface area contributed by atoms with E-state index in [9.17, 15) is 0 Å².